The first kappa shape index (κ1) is 24.7. The highest BCUT2D eigenvalue weighted by Crippen LogP contribution is 2.22. The number of nitrogens with zero attached hydrogens (tertiary/aromatic N) is 1. The summed E-state index contributed by atoms with van der Waals surface area (Å²) in [7, 11) is 3.30. The Kier molecular flexibility index (Phi) is 8.79. The largest absolute Gasteiger partial charge is 0.496 e. The van der Waals surface area contributed by atoms with Gasteiger partial charge < -0.3 is 15.0 Å². The highest BCUT2D eigenvalue weighted by atomic mass is 127. The predicted molar refractivity (Wildman–Crippen MR) is 143 cm³/mol. The molecule has 0 unspecified atom stereocenters. The number of nitrogens with one attached hydrogen (secondary N) is 2. The third-order valence-electron chi connectivity index (χ3n) is 4.99. The third-order valence-corrected chi connectivity index (χ3v) is 6.21. The molecular weight excluding hydrogens is 549 g/mol. The lowest BCUT2D eigenvalue weighted by Crippen LogP contribution is -2.41. The van der Waals surface area contributed by atoms with Crippen molar-refractivity contribution in [3.05, 3.63) is 93.1 Å². The molecule has 0 radical (unpaired) electrons. The molecular formula is C25H24IN3O3S. The molecule has 0 aliphatic carbocycles. The van der Waals surface area contributed by atoms with Crippen LogP contribution in [0.3, 0.4) is 0 Å². The zero-order valence-electron chi connectivity index (χ0n) is 18.3. The molecule has 170 valence electrons. The Bertz CT molecular complexity index is 1150. The zero-order chi connectivity index (χ0) is 23.8. The van der Waals surface area contributed by atoms with Crippen molar-refractivity contribution >= 4 is 57.4 Å². The Morgan fingerprint density at radius 1 is 1.00 bits per heavy atom. The van der Waals surface area contributed by atoms with Crippen LogP contribution in [0.25, 0.3) is 0 Å². The lowest BCUT2D eigenvalue weighted by Gasteiger charge is -2.23. The average Bonchev–Trinajstić information content (AvgIpc) is 2.84. The van der Waals surface area contributed by atoms with Gasteiger partial charge in [0.25, 0.3) is 11.8 Å². The van der Waals surface area contributed by atoms with E-state index >= 15 is 0 Å². The van der Waals surface area contributed by atoms with Crippen LogP contribution in [-0.4, -0.2) is 37.6 Å². The number of rotatable bonds is 7. The molecule has 6 nitrogen and oxygen atoms in total. The second-order valence-electron chi connectivity index (χ2n) is 7.18. The number of halogens is 1. The Labute approximate surface area is 212 Å². The first-order chi connectivity index (χ1) is 15.9. The van der Waals surface area contributed by atoms with E-state index in [-0.39, 0.29) is 16.9 Å². The number of hydrogen-bond acceptors (Lipinski definition) is 4. The van der Waals surface area contributed by atoms with Gasteiger partial charge in [0.15, 0.2) is 5.11 Å². The molecule has 3 aromatic rings. The normalized spacial score (nSPS) is 10.3. The Morgan fingerprint density at radius 3 is 2.39 bits per heavy atom. The number of methoxy groups -OCH3 is 1. The number of carbonyl (C=O) groups excluding carboxylic acids is 2. The van der Waals surface area contributed by atoms with Crippen LogP contribution in [0, 0.1) is 3.57 Å². The van der Waals surface area contributed by atoms with Gasteiger partial charge in [0, 0.05) is 19.2 Å². The molecule has 0 aliphatic heterocycles. The van der Waals surface area contributed by atoms with Crippen molar-refractivity contribution < 1.29 is 14.3 Å². The Balaban J connectivity index is 1.66. The molecule has 33 heavy (non-hydrogen) atoms. The van der Waals surface area contributed by atoms with Crippen molar-refractivity contribution in [2.45, 2.75) is 6.42 Å². The number of amides is 2. The van der Waals surface area contributed by atoms with Gasteiger partial charge in [0.2, 0.25) is 0 Å². The maximum atomic E-state index is 12.8. The van der Waals surface area contributed by atoms with Crippen LogP contribution in [-0.2, 0) is 6.42 Å². The molecule has 3 rings (SSSR count). The summed E-state index contributed by atoms with van der Waals surface area (Å²) in [4.78, 5) is 27.2. The minimum atomic E-state index is -0.336. The molecule has 2 N–H and O–H groups in total. The van der Waals surface area contributed by atoms with Crippen molar-refractivity contribution in [3.63, 3.8) is 0 Å². The van der Waals surface area contributed by atoms with E-state index in [9.17, 15) is 9.59 Å². The van der Waals surface area contributed by atoms with Crippen LogP contribution in [0.4, 0.5) is 5.69 Å². The highest BCUT2D eigenvalue weighted by molar-refractivity contribution is 14.1. The first-order valence-electron chi connectivity index (χ1n) is 10.2. The zero-order valence-corrected chi connectivity index (χ0v) is 21.3. The molecule has 0 spiro atoms. The van der Waals surface area contributed by atoms with Gasteiger partial charge in [-0.15, -0.1) is 0 Å². The van der Waals surface area contributed by atoms with E-state index in [1.165, 1.54) is 0 Å². The molecule has 0 aliphatic rings. The molecule has 2 amide bonds. The van der Waals surface area contributed by atoms with Crippen LogP contribution < -0.4 is 20.3 Å². The fourth-order valence-corrected chi connectivity index (χ4v) is 4.12. The van der Waals surface area contributed by atoms with Gasteiger partial charge in [-0.1, -0.05) is 42.5 Å². The van der Waals surface area contributed by atoms with Gasteiger partial charge in [0.05, 0.1) is 21.9 Å². The van der Waals surface area contributed by atoms with Gasteiger partial charge in [-0.3, -0.25) is 14.9 Å². The quantitative estimate of drug-likeness (QED) is 0.324. The van der Waals surface area contributed by atoms with Crippen LogP contribution in [0.15, 0.2) is 72.8 Å². The van der Waals surface area contributed by atoms with Gasteiger partial charge in [-0.25, -0.2) is 0 Å². The smallest absolute Gasteiger partial charge is 0.257 e. The van der Waals surface area contributed by atoms with E-state index in [4.69, 9.17) is 17.0 Å². The monoisotopic (exact) mass is 573 g/mol. The molecule has 0 fully saturated rings. The lowest BCUT2D eigenvalue weighted by atomic mass is 10.1. The summed E-state index contributed by atoms with van der Waals surface area (Å²) in [6, 6.07) is 22.3. The fourth-order valence-electron chi connectivity index (χ4n) is 3.19. The first-order valence-corrected chi connectivity index (χ1v) is 11.7. The van der Waals surface area contributed by atoms with Crippen molar-refractivity contribution in [2.24, 2.45) is 0 Å². The van der Waals surface area contributed by atoms with E-state index in [0.29, 0.717) is 29.1 Å². The predicted octanol–water partition coefficient (Wildman–Crippen LogP) is 4.42. The molecule has 0 atom stereocenters. The SMILES string of the molecule is COc1ccc(C(=O)NC(=S)N(C)c2ccccc2C(=O)NCCc2ccccc2)cc1I. The van der Waals surface area contributed by atoms with Gasteiger partial charge in [-0.05, 0) is 77.1 Å². The van der Waals surface area contributed by atoms with Gasteiger partial charge in [0.1, 0.15) is 5.75 Å². The summed E-state index contributed by atoms with van der Waals surface area (Å²) in [6.07, 6.45) is 0.736. The van der Waals surface area contributed by atoms with Crippen molar-refractivity contribution in [2.75, 3.05) is 25.6 Å². The van der Waals surface area contributed by atoms with E-state index in [1.807, 2.05) is 36.4 Å². The maximum absolute atomic E-state index is 12.8. The maximum Gasteiger partial charge on any atom is 0.257 e. The number of ether oxygens (including phenoxy) is 1. The number of benzene rings is 3. The topological polar surface area (TPSA) is 70.7 Å². The molecule has 0 heterocycles. The summed E-state index contributed by atoms with van der Waals surface area (Å²) in [5.41, 5.74) is 2.69. The van der Waals surface area contributed by atoms with Crippen molar-refractivity contribution in [1.29, 1.82) is 0 Å². The van der Waals surface area contributed by atoms with Crippen LogP contribution in [0.5, 0.6) is 5.75 Å². The minimum absolute atomic E-state index is 0.190. The number of carbonyl (C=O) groups is 2. The molecule has 0 saturated heterocycles. The van der Waals surface area contributed by atoms with E-state index < -0.39 is 0 Å². The fraction of sp³-hybridized carbons (Fsp3) is 0.160. The van der Waals surface area contributed by atoms with Crippen molar-refractivity contribution in [3.8, 4) is 5.75 Å². The summed E-state index contributed by atoms with van der Waals surface area (Å²) >= 11 is 7.56. The third kappa shape index (κ3) is 6.52. The number of anilines is 1. The van der Waals surface area contributed by atoms with E-state index in [0.717, 1.165) is 15.6 Å². The highest BCUT2D eigenvalue weighted by Gasteiger charge is 2.18. The minimum Gasteiger partial charge on any atom is -0.496 e. The van der Waals surface area contributed by atoms with Crippen LogP contribution >= 0.6 is 34.8 Å². The van der Waals surface area contributed by atoms with Gasteiger partial charge in [-0.2, -0.15) is 0 Å². The van der Waals surface area contributed by atoms with Crippen LogP contribution in [0.2, 0.25) is 0 Å². The number of thiocarbonyl (C=S) groups is 1. The van der Waals surface area contributed by atoms with E-state index in [1.54, 1.807) is 55.5 Å². The Morgan fingerprint density at radius 2 is 1.70 bits per heavy atom. The van der Waals surface area contributed by atoms with E-state index in [2.05, 4.69) is 33.2 Å². The molecule has 0 saturated carbocycles. The average molecular weight is 573 g/mol. The van der Waals surface area contributed by atoms with Crippen molar-refractivity contribution in [1.82, 2.24) is 10.6 Å². The Hall–Kier alpha value is -2.98. The summed E-state index contributed by atoms with van der Waals surface area (Å²) in [5, 5.41) is 5.88. The second-order valence-corrected chi connectivity index (χ2v) is 8.73. The number of para-hydroxylation sites is 1. The second kappa shape index (κ2) is 11.8. The molecule has 8 heteroatoms. The standard InChI is InChI=1S/C25H24IN3O3S/c1-29(25(33)28-23(30)18-12-13-22(32-2)20(26)16-18)21-11-7-6-10-19(21)24(31)27-15-14-17-8-4-3-5-9-17/h3-13,16H,14-15H2,1-2H3,(H,27,31)(H,28,30,33). The molecule has 3 aromatic carbocycles. The molecule has 0 bridgehead atoms. The summed E-state index contributed by atoms with van der Waals surface area (Å²) in [6.45, 7) is 0.512. The number of hydrogen-bond donors (Lipinski definition) is 2. The van der Waals surface area contributed by atoms with Gasteiger partial charge >= 0.3 is 0 Å². The van der Waals surface area contributed by atoms with Crippen LogP contribution in [0.1, 0.15) is 26.3 Å². The summed E-state index contributed by atoms with van der Waals surface area (Å²) < 4.78 is 6.05. The summed E-state index contributed by atoms with van der Waals surface area (Å²) in [5.74, 6) is 0.156. The molecule has 0 aromatic heterocycles. The lowest BCUT2D eigenvalue weighted by molar-refractivity contribution is 0.0952.